The van der Waals surface area contributed by atoms with Gasteiger partial charge in [0.15, 0.2) is 0 Å². The molecule has 1 rings (SSSR count). The SMILES string of the molecule is O=[N+]([O-])c1ccc(OCCO)cc1CO. The largest absolute Gasteiger partial charge is 0.491 e. The molecule has 6 nitrogen and oxygen atoms in total. The maximum atomic E-state index is 10.5. The number of nitro groups is 1. The minimum absolute atomic E-state index is 0.114. The third-order valence-corrected chi connectivity index (χ3v) is 1.78. The summed E-state index contributed by atoms with van der Waals surface area (Å²) in [6, 6.07) is 4.07. The van der Waals surface area contributed by atoms with Crippen molar-refractivity contribution < 1.29 is 19.9 Å². The van der Waals surface area contributed by atoms with E-state index in [0.29, 0.717) is 5.75 Å². The first-order valence-corrected chi connectivity index (χ1v) is 4.31. The molecule has 0 saturated carbocycles. The van der Waals surface area contributed by atoms with Gasteiger partial charge < -0.3 is 14.9 Å². The summed E-state index contributed by atoms with van der Waals surface area (Å²) in [5.41, 5.74) is 0.0456. The molecule has 0 amide bonds. The Morgan fingerprint density at radius 1 is 1.40 bits per heavy atom. The molecule has 0 spiro atoms. The highest BCUT2D eigenvalue weighted by atomic mass is 16.6. The molecular weight excluding hydrogens is 202 g/mol. The number of rotatable bonds is 5. The maximum Gasteiger partial charge on any atom is 0.275 e. The number of benzene rings is 1. The molecule has 6 heteroatoms. The molecule has 0 aliphatic rings. The molecule has 0 atom stereocenters. The molecule has 0 unspecified atom stereocenters. The van der Waals surface area contributed by atoms with E-state index in [4.69, 9.17) is 14.9 Å². The van der Waals surface area contributed by atoms with E-state index in [2.05, 4.69) is 0 Å². The van der Waals surface area contributed by atoms with Gasteiger partial charge in [-0.3, -0.25) is 10.1 Å². The van der Waals surface area contributed by atoms with Crippen LogP contribution in [-0.2, 0) is 6.61 Å². The van der Waals surface area contributed by atoms with Crippen LogP contribution in [-0.4, -0.2) is 28.4 Å². The summed E-state index contributed by atoms with van der Waals surface area (Å²) in [6.07, 6.45) is 0. The quantitative estimate of drug-likeness (QED) is 0.547. The van der Waals surface area contributed by atoms with Crippen LogP contribution in [0.3, 0.4) is 0 Å². The van der Waals surface area contributed by atoms with E-state index >= 15 is 0 Å². The molecule has 0 fully saturated rings. The van der Waals surface area contributed by atoms with Crippen molar-refractivity contribution in [2.45, 2.75) is 6.61 Å². The molecule has 1 aromatic rings. The third kappa shape index (κ3) is 2.90. The third-order valence-electron chi connectivity index (χ3n) is 1.78. The Morgan fingerprint density at radius 3 is 2.67 bits per heavy atom. The monoisotopic (exact) mass is 213 g/mol. The summed E-state index contributed by atoms with van der Waals surface area (Å²) in [5, 5.41) is 27.9. The second-order valence-corrected chi connectivity index (χ2v) is 2.78. The van der Waals surface area contributed by atoms with E-state index in [1.54, 1.807) is 0 Å². The zero-order valence-electron chi connectivity index (χ0n) is 7.92. The zero-order valence-corrected chi connectivity index (χ0v) is 7.92. The summed E-state index contributed by atoms with van der Waals surface area (Å²) in [6.45, 7) is -0.444. The van der Waals surface area contributed by atoms with Crippen LogP contribution < -0.4 is 4.74 Å². The first-order chi connectivity index (χ1) is 7.19. The normalized spacial score (nSPS) is 10.0. The molecular formula is C9H11NO5. The van der Waals surface area contributed by atoms with Gasteiger partial charge in [-0.2, -0.15) is 0 Å². The molecule has 0 saturated heterocycles. The fourth-order valence-corrected chi connectivity index (χ4v) is 1.12. The number of aliphatic hydroxyl groups is 2. The Morgan fingerprint density at radius 2 is 2.13 bits per heavy atom. The summed E-state index contributed by atoms with van der Waals surface area (Å²) in [4.78, 5) is 9.95. The van der Waals surface area contributed by atoms with Gasteiger partial charge in [-0.05, 0) is 12.1 Å². The Balaban J connectivity index is 2.92. The first kappa shape index (κ1) is 11.4. The van der Waals surface area contributed by atoms with Gasteiger partial charge in [-0.1, -0.05) is 0 Å². The molecule has 0 bridgehead atoms. The standard InChI is InChI=1S/C9H11NO5/c11-3-4-15-8-1-2-9(10(13)14)7(5-8)6-12/h1-2,5,11-12H,3-4,6H2. The Bertz CT molecular complexity index is 352. The topological polar surface area (TPSA) is 92.8 Å². The van der Waals surface area contributed by atoms with Gasteiger partial charge in [0.2, 0.25) is 0 Å². The molecule has 15 heavy (non-hydrogen) atoms. The van der Waals surface area contributed by atoms with Crippen molar-refractivity contribution in [3.05, 3.63) is 33.9 Å². The van der Waals surface area contributed by atoms with Gasteiger partial charge in [0.25, 0.3) is 5.69 Å². The number of nitrogens with zero attached hydrogens (tertiary/aromatic N) is 1. The zero-order chi connectivity index (χ0) is 11.3. The van der Waals surface area contributed by atoms with Crippen molar-refractivity contribution in [3.63, 3.8) is 0 Å². The van der Waals surface area contributed by atoms with E-state index in [9.17, 15) is 10.1 Å². The van der Waals surface area contributed by atoms with Crippen LogP contribution in [0.2, 0.25) is 0 Å². The van der Waals surface area contributed by atoms with Crippen LogP contribution in [0.15, 0.2) is 18.2 Å². The smallest absolute Gasteiger partial charge is 0.275 e. The summed E-state index contributed by atoms with van der Waals surface area (Å²) >= 11 is 0. The van der Waals surface area contributed by atoms with Gasteiger partial charge in [0, 0.05) is 6.07 Å². The van der Waals surface area contributed by atoms with Crippen LogP contribution in [0.5, 0.6) is 5.75 Å². The van der Waals surface area contributed by atoms with Crippen molar-refractivity contribution in [2.24, 2.45) is 0 Å². The lowest BCUT2D eigenvalue weighted by Crippen LogP contribution is -2.03. The number of hydrogen-bond acceptors (Lipinski definition) is 5. The fraction of sp³-hybridized carbons (Fsp3) is 0.333. The number of aliphatic hydroxyl groups excluding tert-OH is 2. The molecule has 2 N–H and O–H groups in total. The molecule has 0 aromatic heterocycles. The highest BCUT2D eigenvalue weighted by Gasteiger charge is 2.13. The van der Waals surface area contributed by atoms with Crippen LogP contribution in [0.4, 0.5) is 5.69 Å². The Kier molecular flexibility index (Phi) is 4.02. The Labute approximate surface area is 85.9 Å². The van der Waals surface area contributed by atoms with Crippen LogP contribution in [0.1, 0.15) is 5.56 Å². The molecule has 0 heterocycles. The van der Waals surface area contributed by atoms with Crippen LogP contribution >= 0.6 is 0 Å². The van der Waals surface area contributed by atoms with E-state index in [1.807, 2.05) is 0 Å². The first-order valence-electron chi connectivity index (χ1n) is 4.31. The van der Waals surface area contributed by atoms with Crippen molar-refractivity contribution >= 4 is 5.69 Å². The molecule has 82 valence electrons. The van der Waals surface area contributed by atoms with Gasteiger partial charge >= 0.3 is 0 Å². The molecule has 1 aromatic carbocycles. The van der Waals surface area contributed by atoms with E-state index in [1.165, 1.54) is 18.2 Å². The second kappa shape index (κ2) is 5.28. The van der Waals surface area contributed by atoms with Gasteiger partial charge in [-0.15, -0.1) is 0 Å². The summed E-state index contributed by atoms with van der Waals surface area (Å²) < 4.78 is 5.05. The van der Waals surface area contributed by atoms with Gasteiger partial charge in [-0.25, -0.2) is 0 Å². The lowest BCUT2D eigenvalue weighted by atomic mass is 10.2. The summed E-state index contributed by atoms with van der Waals surface area (Å²) in [5.74, 6) is 0.388. The molecule has 0 aliphatic carbocycles. The average Bonchev–Trinajstić information content (AvgIpc) is 2.25. The number of nitro benzene ring substituents is 1. The molecule has 0 aliphatic heterocycles. The number of hydrogen-bond donors (Lipinski definition) is 2. The Hall–Kier alpha value is -1.66. The average molecular weight is 213 g/mol. The fourth-order valence-electron chi connectivity index (χ4n) is 1.12. The van der Waals surface area contributed by atoms with Gasteiger partial charge in [0.1, 0.15) is 12.4 Å². The lowest BCUT2D eigenvalue weighted by molar-refractivity contribution is -0.385. The predicted molar refractivity (Wildman–Crippen MR) is 51.6 cm³/mol. The molecule has 0 radical (unpaired) electrons. The van der Waals surface area contributed by atoms with E-state index in [0.717, 1.165) is 0 Å². The number of ether oxygens (including phenoxy) is 1. The van der Waals surface area contributed by atoms with E-state index < -0.39 is 11.5 Å². The van der Waals surface area contributed by atoms with Crippen LogP contribution in [0, 0.1) is 10.1 Å². The van der Waals surface area contributed by atoms with Crippen molar-refractivity contribution in [2.75, 3.05) is 13.2 Å². The van der Waals surface area contributed by atoms with Crippen molar-refractivity contribution in [3.8, 4) is 5.75 Å². The van der Waals surface area contributed by atoms with Crippen molar-refractivity contribution in [1.82, 2.24) is 0 Å². The van der Waals surface area contributed by atoms with Crippen molar-refractivity contribution in [1.29, 1.82) is 0 Å². The maximum absolute atomic E-state index is 10.5. The predicted octanol–water partition coefficient (Wildman–Crippen LogP) is 0.458. The van der Waals surface area contributed by atoms with E-state index in [-0.39, 0.29) is 24.5 Å². The van der Waals surface area contributed by atoms with Crippen LogP contribution in [0.25, 0.3) is 0 Å². The summed E-state index contributed by atoms with van der Waals surface area (Å²) in [7, 11) is 0. The highest BCUT2D eigenvalue weighted by Crippen LogP contribution is 2.23. The lowest BCUT2D eigenvalue weighted by Gasteiger charge is -2.05. The minimum atomic E-state index is -0.568. The highest BCUT2D eigenvalue weighted by molar-refractivity contribution is 5.44. The second-order valence-electron chi connectivity index (χ2n) is 2.78. The van der Waals surface area contributed by atoms with Gasteiger partial charge in [0.05, 0.1) is 23.7 Å². The minimum Gasteiger partial charge on any atom is -0.491 e.